The second-order valence-corrected chi connectivity index (χ2v) is 7.36. The minimum atomic E-state index is -1.13. The van der Waals surface area contributed by atoms with E-state index in [-0.39, 0.29) is 17.5 Å². The van der Waals surface area contributed by atoms with E-state index in [1.54, 1.807) is 31.2 Å². The van der Waals surface area contributed by atoms with Crippen molar-refractivity contribution >= 4 is 17.8 Å². The van der Waals surface area contributed by atoms with Gasteiger partial charge in [0.25, 0.3) is 11.8 Å². The second-order valence-electron chi connectivity index (χ2n) is 7.36. The fourth-order valence-electron chi connectivity index (χ4n) is 3.66. The average Bonchev–Trinajstić information content (AvgIpc) is 3.03. The van der Waals surface area contributed by atoms with Crippen LogP contribution < -0.4 is 0 Å². The lowest BCUT2D eigenvalue weighted by molar-refractivity contribution is -0.153. The van der Waals surface area contributed by atoms with E-state index < -0.39 is 35.7 Å². The highest BCUT2D eigenvalue weighted by atomic mass is 19.1. The highest BCUT2D eigenvalue weighted by Gasteiger charge is 2.43. The van der Waals surface area contributed by atoms with Gasteiger partial charge < -0.3 is 4.74 Å². The Kier molecular flexibility index (Phi) is 5.62. The van der Waals surface area contributed by atoms with Crippen LogP contribution in [0.2, 0.25) is 0 Å². The fourth-order valence-corrected chi connectivity index (χ4v) is 3.66. The molecule has 6 heteroatoms. The lowest BCUT2D eigenvalue weighted by atomic mass is 10.0. The molecule has 31 heavy (non-hydrogen) atoms. The summed E-state index contributed by atoms with van der Waals surface area (Å²) in [5, 5.41) is 0. The number of carbonyl (C=O) groups is 3. The molecule has 0 saturated heterocycles. The molecule has 0 aliphatic carbocycles. The van der Waals surface area contributed by atoms with Crippen molar-refractivity contribution in [3.05, 3.63) is 107 Å². The van der Waals surface area contributed by atoms with Gasteiger partial charge in [0.05, 0.1) is 11.1 Å². The zero-order chi connectivity index (χ0) is 22.0. The smallest absolute Gasteiger partial charge is 0.330 e. The molecule has 1 aliphatic heterocycles. The highest BCUT2D eigenvalue weighted by Crippen LogP contribution is 2.28. The predicted octanol–water partition coefficient (Wildman–Crippen LogP) is 4.34. The maximum Gasteiger partial charge on any atom is 0.330 e. The van der Waals surface area contributed by atoms with Gasteiger partial charge in [0.15, 0.2) is 0 Å². The SMILES string of the molecule is C[C@H](OC(=O)[C@H](Cc1ccccc1)N1C(=O)c2ccccc2C1=O)c1ccc(F)cc1. The third-order valence-corrected chi connectivity index (χ3v) is 5.31. The Bertz CT molecular complexity index is 1090. The van der Waals surface area contributed by atoms with E-state index in [4.69, 9.17) is 4.74 Å². The summed E-state index contributed by atoms with van der Waals surface area (Å²) in [4.78, 5) is 40.2. The molecule has 0 aromatic heterocycles. The van der Waals surface area contributed by atoms with E-state index in [0.29, 0.717) is 5.56 Å². The number of imide groups is 1. The summed E-state index contributed by atoms with van der Waals surface area (Å²) in [5.74, 6) is -2.13. The summed E-state index contributed by atoms with van der Waals surface area (Å²) in [6.45, 7) is 1.66. The molecule has 3 aromatic rings. The quantitative estimate of drug-likeness (QED) is 0.442. The molecule has 0 radical (unpaired) electrons. The number of benzene rings is 3. The van der Waals surface area contributed by atoms with Crippen molar-refractivity contribution in [3.8, 4) is 0 Å². The number of hydrogen-bond acceptors (Lipinski definition) is 4. The van der Waals surface area contributed by atoms with Crippen molar-refractivity contribution in [1.29, 1.82) is 0 Å². The lowest BCUT2D eigenvalue weighted by Gasteiger charge is -2.26. The minimum Gasteiger partial charge on any atom is -0.456 e. The molecule has 5 nitrogen and oxygen atoms in total. The predicted molar refractivity (Wildman–Crippen MR) is 112 cm³/mol. The second kappa shape index (κ2) is 8.52. The van der Waals surface area contributed by atoms with Gasteiger partial charge in [-0.05, 0) is 42.3 Å². The van der Waals surface area contributed by atoms with Gasteiger partial charge in [-0.1, -0.05) is 54.6 Å². The Morgan fingerprint density at radius 3 is 2.00 bits per heavy atom. The van der Waals surface area contributed by atoms with E-state index in [0.717, 1.165) is 10.5 Å². The van der Waals surface area contributed by atoms with Crippen molar-refractivity contribution in [1.82, 2.24) is 4.90 Å². The highest BCUT2D eigenvalue weighted by molar-refractivity contribution is 6.22. The monoisotopic (exact) mass is 417 g/mol. The molecule has 3 aromatic carbocycles. The maximum atomic E-state index is 13.2. The first-order valence-corrected chi connectivity index (χ1v) is 9.92. The van der Waals surface area contributed by atoms with Crippen molar-refractivity contribution in [2.75, 3.05) is 0 Å². The summed E-state index contributed by atoms with van der Waals surface area (Å²) in [7, 11) is 0. The van der Waals surface area contributed by atoms with Crippen LogP contribution in [0.15, 0.2) is 78.9 Å². The number of esters is 1. The Morgan fingerprint density at radius 1 is 0.871 bits per heavy atom. The summed E-state index contributed by atoms with van der Waals surface area (Å²) >= 11 is 0. The molecule has 1 aliphatic rings. The molecule has 2 amide bonds. The molecule has 0 bridgehead atoms. The van der Waals surface area contributed by atoms with E-state index >= 15 is 0 Å². The van der Waals surface area contributed by atoms with Crippen LogP contribution in [0.25, 0.3) is 0 Å². The van der Waals surface area contributed by atoms with Gasteiger partial charge in [-0.25, -0.2) is 9.18 Å². The standard InChI is InChI=1S/C25H20FNO4/c1-16(18-11-13-19(26)14-12-18)31-25(30)22(15-17-7-3-2-4-8-17)27-23(28)20-9-5-6-10-21(20)24(27)29/h2-14,16,22H,15H2,1H3/t16-,22-/m0/s1. The lowest BCUT2D eigenvalue weighted by Crippen LogP contribution is -2.47. The van der Waals surface area contributed by atoms with E-state index in [2.05, 4.69) is 0 Å². The number of carbonyl (C=O) groups excluding carboxylic acids is 3. The largest absolute Gasteiger partial charge is 0.456 e. The van der Waals surface area contributed by atoms with Gasteiger partial charge in [0.1, 0.15) is 18.0 Å². The van der Waals surface area contributed by atoms with E-state index in [1.807, 2.05) is 30.3 Å². The molecule has 1 heterocycles. The first-order chi connectivity index (χ1) is 15.0. The normalized spacial score (nSPS) is 14.8. The third-order valence-electron chi connectivity index (χ3n) is 5.31. The van der Waals surface area contributed by atoms with Crippen LogP contribution in [0.4, 0.5) is 4.39 Å². The first kappa shape index (κ1) is 20.5. The van der Waals surface area contributed by atoms with Gasteiger partial charge in [0.2, 0.25) is 0 Å². The van der Waals surface area contributed by atoms with Crippen LogP contribution in [0.1, 0.15) is 44.9 Å². The Hall–Kier alpha value is -3.80. The molecule has 0 fully saturated rings. The molecular formula is C25H20FNO4. The first-order valence-electron chi connectivity index (χ1n) is 9.92. The molecule has 4 rings (SSSR count). The zero-order valence-corrected chi connectivity index (χ0v) is 16.8. The van der Waals surface area contributed by atoms with Crippen LogP contribution in [0.5, 0.6) is 0 Å². The van der Waals surface area contributed by atoms with Gasteiger partial charge in [-0.3, -0.25) is 14.5 Å². The number of fused-ring (bicyclic) bond motifs is 1. The van der Waals surface area contributed by atoms with Crippen LogP contribution in [0.3, 0.4) is 0 Å². The van der Waals surface area contributed by atoms with Crippen molar-refractivity contribution in [2.24, 2.45) is 0 Å². The Labute approximate surface area is 179 Å². The van der Waals surface area contributed by atoms with E-state index in [9.17, 15) is 18.8 Å². The average molecular weight is 417 g/mol. The van der Waals surface area contributed by atoms with Crippen LogP contribution in [-0.4, -0.2) is 28.7 Å². The van der Waals surface area contributed by atoms with Crippen molar-refractivity contribution in [2.45, 2.75) is 25.5 Å². The number of rotatable bonds is 6. The van der Waals surface area contributed by atoms with Gasteiger partial charge in [-0.15, -0.1) is 0 Å². The molecule has 2 atom stereocenters. The summed E-state index contributed by atoms with van der Waals surface area (Å²) in [6.07, 6.45) is -0.553. The fraction of sp³-hybridized carbons (Fsp3) is 0.160. The van der Waals surface area contributed by atoms with Gasteiger partial charge in [-0.2, -0.15) is 0 Å². The van der Waals surface area contributed by atoms with Crippen LogP contribution in [0, 0.1) is 5.82 Å². The Morgan fingerprint density at radius 2 is 1.42 bits per heavy atom. The third kappa shape index (κ3) is 4.10. The Balaban J connectivity index is 1.63. The number of amides is 2. The summed E-state index contributed by atoms with van der Waals surface area (Å²) in [5.41, 5.74) is 1.93. The number of nitrogens with zero attached hydrogens (tertiary/aromatic N) is 1. The molecule has 156 valence electrons. The van der Waals surface area contributed by atoms with Crippen LogP contribution >= 0.6 is 0 Å². The van der Waals surface area contributed by atoms with Gasteiger partial charge in [0, 0.05) is 6.42 Å². The van der Waals surface area contributed by atoms with Gasteiger partial charge >= 0.3 is 5.97 Å². The number of hydrogen-bond donors (Lipinski definition) is 0. The maximum absolute atomic E-state index is 13.2. The molecule has 0 spiro atoms. The summed E-state index contributed by atoms with van der Waals surface area (Å²) < 4.78 is 18.8. The molecule has 0 saturated carbocycles. The number of ether oxygens (including phenoxy) is 1. The number of halogens is 1. The molecule has 0 N–H and O–H groups in total. The van der Waals surface area contributed by atoms with E-state index in [1.165, 1.54) is 24.3 Å². The summed E-state index contributed by atoms with van der Waals surface area (Å²) in [6, 6.07) is 20.1. The zero-order valence-electron chi connectivity index (χ0n) is 16.8. The molecular weight excluding hydrogens is 397 g/mol. The van der Waals surface area contributed by atoms with Crippen molar-refractivity contribution in [3.63, 3.8) is 0 Å². The minimum absolute atomic E-state index is 0.126. The molecule has 0 unspecified atom stereocenters. The van der Waals surface area contributed by atoms with Crippen molar-refractivity contribution < 1.29 is 23.5 Å². The van der Waals surface area contributed by atoms with Crippen LogP contribution in [-0.2, 0) is 16.0 Å². The topological polar surface area (TPSA) is 63.7 Å².